The SMILES string of the molecule is CC(C)Cc1c(N)n[nH]c1CC1CCC1. The summed E-state index contributed by atoms with van der Waals surface area (Å²) in [5.41, 5.74) is 8.43. The molecule has 3 N–H and O–H groups in total. The maximum atomic E-state index is 5.88. The molecule has 2 rings (SSSR count). The van der Waals surface area contributed by atoms with Crippen molar-refractivity contribution in [3.63, 3.8) is 0 Å². The van der Waals surface area contributed by atoms with Gasteiger partial charge in [0.25, 0.3) is 0 Å². The van der Waals surface area contributed by atoms with Gasteiger partial charge >= 0.3 is 0 Å². The Bertz CT molecular complexity index is 324. The highest BCUT2D eigenvalue weighted by Crippen LogP contribution is 2.31. The van der Waals surface area contributed by atoms with Gasteiger partial charge in [0.15, 0.2) is 0 Å². The van der Waals surface area contributed by atoms with E-state index in [1.165, 1.54) is 30.5 Å². The molecule has 0 bridgehead atoms. The third-order valence-corrected chi connectivity index (χ3v) is 3.31. The molecule has 3 nitrogen and oxygen atoms in total. The first-order valence-corrected chi connectivity index (χ1v) is 5.98. The molecule has 84 valence electrons. The zero-order valence-electron chi connectivity index (χ0n) is 9.71. The number of hydrogen-bond acceptors (Lipinski definition) is 2. The maximum absolute atomic E-state index is 5.88. The van der Waals surface area contributed by atoms with Crippen LogP contribution in [-0.2, 0) is 12.8 Å². The van der Waals surface area contributed by atoms with E-state index in [0.717, 1.165) is 18.8 Å². The van der Waals surface area contributed by atoms with Crippen LogP contribution in [0.2, 0.25) is 0 Å². The summed E-state index contributed by atoms with van der Waals surface area (Å²) in [5.74, 6) is 2.22. The first kappa shape index (κ1) is 10.5. The first-order valence-electron chi connectivity index (χ1n) is 5.98. The lowest BCUT2D eigenvalue weighted by Crippen LogP contribution is -2.15. The van der Waals surface area contributed by atoms with Gasteiger partial charge in [0, 0.05) is 11.3 Å². The summed E-state index contributed by atoms with van der Waals surface area (Å²) in [7, 11) is 0. The van der Waals surface area contributed by atoms with Gasteiger partial charge in [-0.05, 0) is 24.7 Å². The lowest BCUT2D eigenvalue weighted by Gasteiger charge is -2.25. The van der Waals surface area contributed by atoms with E-state index in [-0.39, 0.29) is 0 Å². The van der Waals surface area contributed by atoms with Crippen molar-refractivity contribution in [3.05, 3.63) is 11.3 Å². The van der Waals surface area contributed by atoms with E-state index < -0.39 is 0 Å². The van der Waals surface area contributed by atoms with E-state index in [1.807, 2.05) is 0 Å². The molecule has 1 fully saturated rings. The third kappa shape index (κ3) is 2.33. The summed E-state index contributed by atoms with van der Waals surface area (Å²) in [4.78, 5) is 0. The van der Waals surface area contributed by atoms with Crippen molar-refractivity contribution in [1.82, 2.24) is 10.2 Å². The molecule has 0 atom stereocenters. The minimum absolute atomic E-state index is 0.644. The molecule has 1 heterocycles. The van der Waals surface area contributed by atoms with Crippen LogP contribution in [0.4, 0.5) is 5.82 Å². The average Bonchev–Trinajstić information content (AvgIpc) is 2.41. The fourth-order valence-corrected chi connectivity index (χ4v) is 2.21. The van der Waals surface area contributed by atoms with Crippen LogP contribution in [0.5, 0.6) is 0 Å². The number of aromatic amines is 1. The minimum atomic E-state index is 0.644. The van der Waals surface area contributed by atoms with Crippen LogP contribution in [0.25, 0.3) is 0 Å². The largest absolute Gasteiger partial charge is 0.382 e. The molecule has 0 amide bonds. The molecule has 3 heteroatoms. The van der Waals surface area contributed by atoms with Gasteiger partial charge in [0.05, 0.1) is 0 Å². The molecular formula is C12H21N3. The second-order valence-electron chi connectivity index (χ2n) is 5.16. The van der Waals surface area contributed by atoms with E-state index in [1.54, 1.807) is 0 Å². The Morgan fingerprint density at radius 3 is 2.73 bits per heavy atom. The van der Waals surface area contributed by atoms with Gasteiger partial charge < -0.3 is 5.73 Å². The van der Waals surface area contributed by atoms with E-state index in [9.17, 15) is 0 Å². The number of H-pyrrole nitrogens is 1. The summed E-state index contributed by atoms with van der Waals surface area (Å²) in [6.07, 6.45) is 6.34. The van der Waals surface area contributed by atoms with Crippen LogP contribution >= 0.6 is 0 Å². The standard InChI is InChI=1S/C12H21N3/c1-8(2)6-10-11(14-15-12(10)13)7-9-4-3-5-9/h8-9H,3-7H2,1-2H3,(H3,13,14,15). The molecule has 0 aliphatic heterocycles. The van der Waals surface area contributed by atoms with Gasteiger partial charge in [-0.15, -0.1) is 0 Å². The molecule has 0 saturated heterocycles. The topological polar surface area (TPSA) is 54.7 Å². The summed E-state index contributed by atoms with van der Waals surface area (Å²) >= 11 is 0. The Morgan fingerprint density at radius 1 is 1.47 bits per heavy atom. The van der Waals surface area contributed by atoms with E-state index in [4.69, 9.17) is 5.73 Å². The number of anilines is 1. The number of rotatable bonds is 4. The van der Waals surface area contributed by atoms with E-state index in [0.29, 0.717) is 11.7 Å². The number of nitrogens with one attached hydrogen (secondary N) is 1. The third-order valence-electron chi connectivity index (χ3n) is 3.31. The monoisotopic (exact) mass is 207 g/mol. The number of hydrogen-bond donors (Lipinski definition) is 2. The molecule has 1 saturated carbocycles. The Kier molecular flexibility index (Phi) is 2.98. The number of nitrogen functional groups attached to an aromatic ring is 1. The van der Waals surface area contributed by atoms with Crippen molar-refractivity contribution in [3.8, 4) is 0 Å². The molecule has 15 heavy (non-hydrogen) atoms. The normalized spacial score (nSPS) is 17.0. The Labute approximate surface area is 91.4 Å². The molecule has 1 aromatic heterocycles. The van der Waals surface area contributed by atoms with Crippen LogP contribution < -0.4 is 5.73 Å². The van der Waals surface area contributed by atoms with Crippen molar-refractivity contribution >= 4 is 5.82 Å². The highest BCUT2D eigenvalue weighted by Gasteiger charge is 2.21. The predicted octanol–water partition coefficient (Wildman–Crippen LogP) is 2.53. The van der Waals surface area contributed by atoms with Gasteiger partial charge in [0.1, 0.15) is 5.82 Å². The Balaban J connectivity index is 2.07. The van der Waals surface area contributed by atoms with Crippen molar-refractivity contribution in [2.75, 3.05) is 5.73 Å². The number of nitrogens with two attached hydrogens (primary N) is 1. The average molecular weight is 207 g/mol. The molecular weight excluding hydrogens is 186 g/mol. The van der Waals surface area contributed by atoms with Gasteiger partial charge in [-0.25, -0.2) is 0 Å². The number of nitrogens with zero attached hydrogens (tertiary/aromatic N) is 1. The molecule has 0 radical (unpaired) electrons. The molecule has 0 unspecified atom stereocenters. The smallest absolute Gasteiger partial charge is 0.148 e. The molecule has 1 aromatic rings. The van der Waals surface area contributed by atoms with Crippen molar-refractivity contribution < 1.29 is 0 Å². The zero-order valence-corrected chi connectivity index (χ0v) is 9.71. The lowest BCUT2D eigenvalue weighted by atomic mass is 9.81. The second kappa shape index (κ2) is 4.25. The van der Waals surface area contributed by atoms with Crippen LogP contribution in [0.3, 0.4) is 0 Å². The molecule has 0 aromatic carbocycles. The van der Waals surface area contributed by atoms with Crippen LogP contribution in [0, 0.1) is 11.8 Å². The minimum Gasteiger partial charge on any atom is -0.382 e. The number of aromatic nitrogens is 2. The highest BCUT2D eigenvalue weighted by molar-refractivity contribution is 5.42. The van der Waals surface area contributed by atoms with Gasteiger partial charge in [-0.2, -0.15) is 5.10 Å². The molecule has 1 aliphatic rings. The second-order valence-corrected chi connectivity index (χ2v) is 5.16. The van der Waals surface area contributed by atoms with Crippen molar-refractivity contribution in [2.24, 2.45) is 11.8 Å². The van der Waals surface area contributed by atoms with E-state index >= 15 is 0 Å². The van der Waals surface area contributed by atoms with Gasteiger partial charge in [-0.3, -0.25) is 5.10 Å². The summed E-state index contributed by atoms with van der Waals surface area (Å²) in [6, 6.07) is 0. The maximum Gasteiger partial charge on any atom is 0.148 e. The van der Waals surface area contributed by atoms with Crippen LogP contribution in [-0.4, -0.2) is 10.2 Å². The van der Waals surface area contributed by atoms with Gasteiger partial charge in [0.2, 0.25) is 0 Å². The lowest BCUT2D eigenvalue weighted by molar-refractivity contribution is 0.311. The zero-order chi connectivity index (χ0) is 10.8. The highest BCUT2D eigenvalue weighted by atomic mass is 15.2. The van der Waals surface area contributed by atoms with E-state index in [2.05, 4.69) is 24.0 Å². The van der Waals surface area contributed by atoms with Crippen molar-refractivity contribution in [1.29, 1.82) is 0 Å². The Hall–Kier alpha value is -0.990. The molecule has 1 aliphatic carbocycles. The quantitative estimate of drug-likeness (QED) is 0.797. The van der Waals surface area contributed by atoms with Crippen molar-refractivity contribution in [2.45, 2.75) is 46.0 Å². The summed E-state index contributed by atoms with van der Waals surface area (Å²) < 4.78 is 0. The first-order chi connectivity index (χ1) is 7.16. The van der Waals surface area contributed by atoms with Gasteiger partial charge in [-0.1, -0.05) is 33.1 Å². The fourth-order valence-electron chi connectivity index (χ4n) is 2.21. The summed E-state index contributed by atoms with van der Waals surface area (Å²) in [5, 5.41) is 7.24. The fraction of sp³-hybridized carbons (Fsp3) is 0.750. The molecule has 0 spiro atoms. The van der Waals surface area contributed by atoms with Crippen LogP contribution in [0.15, 0.2) is 0 Å². The predicted molar refractivity (Wildman–Crippen MR) is 62.6 cm³/mol. The van der Waals surface area contributed by atoms with Crippen LogP contribution in [0.1, 0.15) is 44.4 Å². The Morgan fingerprint density at radius 2 is 2.20 bits per heavy atom. The summed E-state index contributed by atoms with van der Waals surface area (Å²) in [6.45, 7) is 4.44.